The topological polar surface area (TPSA) is 91.8 Å². The van der Waals surface area contributed by atoms with E-state index in [0.717, 1.165) is 12.1 Å². The summed E-state index contributed by atoms with van der Waals surface area (Å²) in [6.07, 6.45) is -0.536. The lowest BCUT2D eigenvalue weighted by atomic mass is 10.1. The standard InChI is InChI=1S/C19H15Cl2F2NO5S/c20-12-7-5-11(6-8-12)19(22,23)18(27)24-10-13(9-15(24)17(25)26)30(28,29)16-4-2-1-3-14(16)21/h1-8,13,15H,9-10H2,(H,25,26)/t13-,15+/m1/s1. The van der Waals surface area contributed by atoms with Gasteiger partial charge in [-0.05, 0) is 30.7 Å². The number of carboxylic acid groups (broad SMARTS) is 1. The molecule has 0 aromatic heterocycles. The van der Waals surface area contributed by atoms with Gasteiger partial charge in [0, 0.05) is 17.1 Å². The molecule has 1 fully saturated rings. The van der Waals surface area contributed by atoms with Gasteiger partial charge < -0.3 is 10.0 Å². The fourth-order valence-electron chi connectivity index (χ4n) is 3.30. The molecule has 11 heteroatoms. The summed E-state index contributed by atoms with van der Waals surface area (Å²) in [5.74, 6) is -7.44. The highest BCUT2D eigenvalue weighted by Crippen LogP contribution is 2.37. The number of sulfone groups is 1. The molecular formula is C19H15Cl2F2NO5S. The van der Waals surface area contributed by atoms with Gasteiger partial charge in [-0.2, -0.15) is 8.78 Å². The van der Waals surface area contributed by atoms with Gasteiger partial charge >= 0.3 is 11.9 Å². The Morgan fingerprint density at radius 1 is 1.07 bits per heavy atom. The number of rotatable bonds is 5. The van der Waals surface area contributed by atoms with Crippen LogP contribution in [-0.4, -0.2) is 48.1 Å². The van der Waals surface area contributed by atoms with Crippen molar-refractivity contribution in [1.82, 2.24) is 4.90 Å². The first-order valence-electron chi connectivity index (χ1n) is 8.62. The molecule has 2 aromatic rings. The molecule has 0 aliphatic carbocycles. The highest BCUT2D eigenvalue weighted by molar-refractivity contribution is 7.92. The molecule has 6 nitrogen and oxygen atoms in total. The van der Waals surface area contributed by atoms with Gasteiger partial charge in [-0.3, -0.25) is 4.79 Å². The maximum absolute atomic E-state index is 14.8. The van der Waals surface area contributed by atoms with Crippen LogP contribution in [0.4, 0.5) is 8.78 Å². The zero-order valence-electron chi connectivity index (χ0n) is 15.1. The lowest BCUT2D eigenvalue weighted by molar-refractivity contribution is -0.164. The molecule has 1 heterocycles. The van der Waals surface area contributed by atoms with Crippen LogP contribution in [0.5, 0.6) is 0 Å². The Morgan fingerprint density at radius 2 is 1.67 bits per heavy atom. The van der Waals surface area contributed by atoms with Crippen LogP contribution in [-0.2, 0) is 25.3 Å². The van der Waals surface area contributed by atoms with E-state index in [2.05, 4.69) is 0 Å². The van der Waals surface area contributed by atoms with E-state index < -0.39 is 57.5 Å². The normalized spacial score (nSPS) is 19.7. The monoisotopic (exact) mass is 477 g/mol. The smallest absolute Gasteiger partial charge is 0.349 e. The second-order valence-electron chi connectivity index (χ2n) is 6.73. The number of amides is 1. The van der Waals surface area contributed by atoms with Crippen molar-refractivity contribution < 1.29 is 31.9 Å². The average molecular weight is 478 g/mol. The molecule has 160 valence electrons. The van der Waals surface area contributed by atoms with Gasteiger partial charge in [0.15, 0.2) is 9.84 Å². The minimum absolute atomic E-state index is 0.0827. The molecule has 1 aliphatic rings. The summed E-state index contributed by atoms with van der Waals surface area (Å²) in [6, 6.07) is 8.03. The van der Waals surface area contributed by atoms with E-state index in [-0.39, 0.29) is 14.9 Å². The van der Waals surface area contributed by atoms with Crippen LogP contribution in [0.3, 0.4) is 0 Å². The molecule has 1 aliphatic heterocycles. The van der Waals surface area contributed by atoms with Gasteiger partial charge in [0.05, 0.1) is 15.2 Å². The van der Waals surface area contributed by atoms with Crippen LogP contribution in [0.2, 0.25) is 10.0 Å². The van der Waals surface area contributed by atoms with Gasteiger partial charge in [0.2, 0.25) is 0 Å². The van der Waals surface area contributed by atoms with E-state index in [1.54, 1.807) is 0 Å². The summed E-state index contributed by atoms with van der Waals surface area (Å²) < 4.78 is 55.4. The Labute approximate surface area is 180 Å². The molecule has 2 atom stereocenters. The number of alkyl halides is 2. The SMILES string of the molecule is O=C(O)[C@@H]1C[C@@H](S(=O)(=O)c2ccccc2Cl)CN1C(=O)C(F)(F)c1ccc(Cl)cc1. The summed E-state index contributed by atoms with van der Waals surface area (Å²) in [5, 5.41) is 8.13. The van der Waals surface area contributed by atoms with Crippen LogP contribution in [0.1, 0.15) is 12.0 Å². The van der Waals surface area contributed by atoms with Crippen LogP contribution in [0.25, 0.3) is 0 Å². The van der Waals surface area contributed by atoms with Crippen LogP contribution >= 0.6 is 23.2 Å². The summed E-state index contributed by atoms with van der Waals surface area (Å²) in [4.78, 5) is 24.4. The van der Waals surface area contributed by atoms with E-state index in [1.165, 1.54) is 36.4 Å². The largest absolute Gasteiger partial charge is 0.480 e. The van der Waals surface area contributed by atoms with Gasteiger partial charge in [0.25, 0.3) is 5.91 Å². The third-order valence-electron chi connectivity index (χ3n) is 4.87. The van der Waals surface area contributed by atoms with Gasteiger partial charge in [-0.15, -0.1) is 0 Å². The Bertz CT molecular complexity index is 1090. The second-order valence-corrected chi connectivity index (χ2v) is 9.77. The maximum Gasteiger partial charge on any atom is 0.349 e. The molecule has 0 radical (unpaired) electrons. The molecule has 0 spiro atoms. The summed E-state index contributed by atoms with van der Waals surface area (Å²) in [6.45, 7) is -0.702. The molecule has 1 amide bonds. The molecule has 3 rings (SSSR count). The fourth-order valence-corrected chi connectivity index (χ4v) is 5.64. The summed E-state index contributed by atoms with van der Waals surface area (Å²) >= 11 is 11.6. The van der Waals surface area contributed by atoms with E-state index in [4.69, 9.17) is 23.2 Å². The van der Waals surface area contributed by atoms with Crippen molar-refractivity contribution in [3.8, 4) is 0 Å². The first-order valence-corrected chi connectivity index (χ1v) is 10.9. The number of benzene rings is 2. The molecule has 0 unspecified atom stereocenters. The number of nitrogens with zero attached hydrogens (tertiary/aromatic N) is 1. The number of carbonyl (C=O) groups is 2. The Hall–Kier alpha value is -2.23. The molecule has 0 saturated carbocycles. The molecular weight excluding hydrogens is 463 g/mol. The number of hydrogen-bond acceptors (Lipinski definition) is 4. The van der Waals surface area contributed by atoms with Gasteiger partial charge in [0.1, 0.15) is 6.04 Å². The number of likely N-dealkylation sites (tertiary alicyclic amines) is 1. The molecule has 1 N–H and O–H groups in total. The molecule has 0 bridgehead atoms. The lowest BCUT2D eigenvalue weighted by Crippen LogP contribution is -2.47. The van der Waals surface area contributed by atoms with Crippen molar-refractivity contribution in [2.24, 2.45) is 0 Å². The summed E-state index contributed by atoms with van der Waals surface area (Å²) in [7, 11) is -4.17. The van der Waals surface area contributed by atoms with E-state index in [9.17, 15) is 31.9 Å². The quantitative estimate of drug-likeness (QED) is 0.709. The third-order valence-corrected chi connectivity index (χ3v) is 7.75. The van der Waals surface area contributed by atoms with Crippen molar-refractivity contribution in [2.75, 3.05) is 6.54 Å². The fraction of sp³-hybridized carbons (Fsp3) is 0.263. The van der Waals surface area contributed by atoms with Gasteiger partial charge in [-0.25, -0.2) is 13.2 Å². The predicted molar refractivity (Wildman–Crippen MR) is 106 cm³/mol. The van der Waals surface area contributed by atoms with Crippen molar-refractivity contribution in [1.29, 1.82) is 0 Å². The van der Waals surface area contributed by atoms with Crippen LogP contribution in [0, 0.1) is 0 Å². The Morgan fingerprint density at radius 3 is 2.23 bits per heavy atom. The minimum atomic E-state index is -4.17. The highest BCUT2D eigenvalue weighted by Gasteiger charge is 2.53. The first kappa shape index (κ1) is 22.5. The van der Waals surface area contributed by atoms with Crippen molar-refractivity contribution in [3.63, 3.8) is 0 Å². The van der Waals surface area contributed by atoms with Crippen molar-refractivity contribution in [3.05, 3.63) is 64.1 Å². The second kappa shape index (κ2) is 8.13. The van der Waals surface area contributed by atoms with Crippen molar-refractivity contribution in [2.45, 2.75) is 28.5 Å². The lowest BCUT2D eigenvalue weighted by Gasteiger charge is -2.26. The van der Waals surface area contributed by atoms with Crippen molar-refractivity contribution >= 4 is 44.9 Å². The number of halogens is 4. The van der Waals surface area contributed by atoms with E-state index >= 15 is 0 Å². The predicted octanol–water partition coefficient (Wildman–Crippen LogP) is 3.61. The Kier molecular flexibility index (Phi) is 6.08. The van der Waals surface area contributed by atoms with Crippen LogP contribution in [0.15, 0.2) is 53.4 Å². The van der Waals surface area contributed by atoms with Crippen LogP contribution < -0.4 is 0 Å². The van der Waals surface area contributed by atoms with E-state index in [0.29, 0.717) is 4.90 Å². The maximum atomic E-state index is 14.8. The van der Waals surface area contributed by atoms with E-state index in [1.807, 2.05) is 0 Å². The molecule has 2 aromatic carbocycles. The Balaban J connectivity index is 1.95. The first-order chi connectivity index (χ1) is 14.0. The molecule has 1 saturated heterocycles. The molecule has 30 heavy (non-hydrogen) atoms. The highest BCUT2D eigenvalue weighted by atomic mass is 35.5. The zero-order valence-corrected chi connectivity index (χ0v) is 17.5. The number of hydrogen-bond donors (Lipinski definition) is 1. The zero-order chi connectivity index (χ0) is 22.3. The third kappa shape index (κ3) is 4.01. The average Bonchev–Trinajstić information content (AvgIpc) is 3.14. The number of carbonyl (C=O) groups excluding carboxylic acids is 1. The minimum Gasteiger partial charge on any atom is -0.480 e. The number of carboxylic acids is 1. The number of aliphatic carboxylic acids is 1. The van der Waals surface area contributed by atoms with Gasteiger partial charge in [-0.1, -0.05) is 47.5 Å². The summed E-state index contributed by atoms with van der Waals surface area (Å²) in [5.41, 5.74) is -0.682.